The maximum Gasteiger partial charge on any atom is 0.251 e. The number of aromatic amines is 1. The Morgan fingerprint density at radius 3 is 2.58 bits per heavy atom. The normalized spacial score (nSPS) is 14.1. The number of aromatic nitrogens is 3. The average Bonchev–Trinajstić information content (AvgIpc) is 3.35. The highest BCUT2D eigenvalue weighted by Gasteiger charge is 2.26. The number of halogens is 2. The molecule has 3 N–H and O–H groups in total. The molecule has 1 aliphatic rings. The molecule has 4 aromatic rings. The van der Waals surface area contributed by atoms with Gasteiger partial charge < -0.3 is 20.2 Å². The second-order valence-electron chi connectivity index (χ2n) is 8.84. The molecule has 1 saturated heterocycles. The fraction of sp³-hybridized carbons (Fsp3) is 0.259. The predicted octanol–water partition coefficient (Wildman–Crippen LogP) is 3.33. The number of ketones is 1. The van der Waals surface area contributed by atoms with Crippen molar-refractivity contribution in [1.82, 2.24) is 19.9 Å². The molecule has 0 unspecified atom stereocenters. The highest BCUT2D eigenvalue weighted by Crippen LogP contribution is 2.28. The Morgan fingerprint density at radius 1 is 1.05 bits per heavy atom. The van der Waals surface area contributed by atoms with Crippen molar-refractivity contribution in [3.05, 3.63) is 77.2 Å². The molecule has 1 aromatic carbocycles. The fourth-order valence-electron chi connectivity index (χ4n) is 4.36. The van der Waals surface area contributed by atoms with Crippen molar-refractivity contribution >= 4 is 22.7 Å². The number of H-pyrrole nitrogens is 1. The summed E-state index contributed by atoms with van der Waals surface area (Å²) >= 11 is 0. The maximum atomic E-state index is 14.8. The van der Waals surface area contributed by atoms with E-state index in [1.807, 2.05) is 6.07 Å². The summed E-state index contributed by atoms with van der Waals surface area (Å²) in [5.41, 5.74) is 5.45. The number of morpholine rings is 1. The number of rotatable bonds is 9. The Labute approximate surface area is 216 Å². The van der Waals surface area contributed by atoms with E-state index >= 15 is 0 Å². The summed E-state index contributed by atoms with van der Waals surface area (Å²) in [6.45, 7) is 4.87. The number of benzene rings is 1. The second-order valence-corrected chi connectivity index (χ2v) is 8.84. The third-order valence-corrected chi connectivity index (χ3v) is 6.40. The van der Waals surface area contributed by atoms with Crippen LogP contribution in [0.25, 0.3) is 22.2 Å². The van der Waals surface area contributed by atoms with Crippen LogP contribution in [0.3, 0.4) is 0 Å². The van der Waals surface area contributed by atoms with Crippen molar-refractivity contribution in [3.63, 3.8) is 0 Å². The zero-order chi connectivity index (χ0) is 26.6. The van der Waals surface area contributed by atoms with Gasteiger partial charge in [0, 0.05) is 66.4 Å². The summed E-state index contributed by atoms with van der Waals surface area (Å²) in [6, 6.07) is 6.99. The second kappa shape index (κ2) is 11.0. The number of amides is 1. The molecule has 1 amide bonds. The van der Waals surface area contributed by atoms with Gasteiger partial charge in [0.25, 0.3) is 5.91 Å². The molecule has 0 bridgehead atoms. The Kier molecular flexibility index (Phi) is 7.38. The molecule has 0 spiro atoms. The number of primary amides is 1. The zero-order valence-electron chi connectivity index (χ0n) is 20.4. The van der Waals surface area contributed by atoms with Gasteiger partial charge in [0.05, 0.1) is 30.9 Å². The number of nitrogens with zero attached hydrogens (tertiary/aromatic N) is 3. The van der Waals surface area contributed by atoms with E-state index in [9.17, 15) is 18.4 Å². The number of hydrogen-bond acceptors (Lipinski definition) is 7. The van der Waals surface area contributed by atoms with Gasteiger partial charge in [-0.1, -0.05) is 0 Å². The predicted molar refractivity (Wildman–Crippen MR) is 135 cm³/mol. The number of nitrogens with two attached hydrogens (primary N) is 1. The number of nitrogens with one attached hydrogen (secondary N) is 1. The molecular weight excluding hydrogens is 496 g/mol. The lowest BCUT2D eigenvalue weighted by Gasteiger charge is -2.26. The smallest absolute Gasteiger partial charge is 0.251 e. The maximum absolute atomic E-state index is 14.8. The third kappa shape index (κ3) is 5.24. The molecule has 0 radical (unpaired) electrons. The van der Waals surface area contributed by atoms with Gasteiger partial charge in [0.1, 0.15) is 17.3 Å². The van der Waals surface area contributed by atoms with Crippen molar-refractivity contribution in [2.24, 2.45) is 5.73 Å². The number of pyridine rings is 2. The first-order valence-corrected chi connectivity index (χ1v) is 12.1. The molecule has 196 valence electrons. The quantitative estimate of drug-likeness (QED) is 0.256. The van der Waals surface area contributed by atoms with Crippen LogP contribution in [-0.4, -0.2) is 71.0 Å². The van der Waals surface area contributed by atoms with Crippen LogP contribution in [-0.2, 0) is 4.74 Å². The lowest BCUT2D eigenvalue weighted by molar-refractivity contribution is 0.0357. The van der Waals surface area contributed by atoms with E-state index in [-0.39, 0.29) is 5.56 Å². The summed E-state index contributed by atoms with van der Waals surface area (Å²) in [4.78, 5) is 38.5. The molecule has 0 aliphatic carbocycles. The van der Waals surface area contributed by atoms with Gasteiger partial charge in [0.2, 0.25) is 11.7 Å². The topological polar surface area (TPSA) is 123 Å². The molecule has 4 heterocycles. The molecule has 1 fully saturated rings. The van der Waals surface area contributed by atoms with Gasteiger partial charge in [-0.2, -0.15) is 0 Å². The Bertz CT molecular complexity index is 1480. The fourth-order valence-corrected chi connectivity index (χ4v) is 4.36. The molecule has 1 aliphatic heterocycles. The number of fused-ring (bicyclic) bond motifs is 1. The average molecular weight is 522 g/mol. The van der Waals surface area contributed by atoms with Gasteiger partial charge in [-0.25, -0.2) is 18.7 Å². The summed E-state index contributed by atoms with van der Waals surface area (Å²) in [5, 5.41) is 0.360. The molecule has 5 rings (SSSR count). The summed E-state index contributed by atoms with van der Waals surface area (Å²) in [7, 11) is 0. The van der Waals surface area contributed by atoms with Crippen LogP contribution in [0.4, 0.5) is 8.78 Å². The number of hydrogen-bond donors (Lipinski definition) is 2. The van der Waals surface area contributed by atoms with Crippen molar-refractivity contribution in [2.45, 2.75) is 6.42 Å². The summed E-state index contributed by atoms with van der Waals surface area (Å²) in [6.07, 6.45) is 5.43. The van der Waals surface area contributed by atoms with Crippen LogP contribution in [0, 0.1) is 11.6 Å². The van der Waals surface area contributed by atoms with Gasteiger partial charge in [-0.05, 0) is 30.7 Å². The summed E-state index contributed by atoms with van der Waals surface area (Å²) in [5.74, 6) is -3.95. The van der Waals surface area contributed by atoms with E-state index in [4.69, 9.17) is 15.2 Å². The van der Waals surface area contributed by atoms with E-state index in [2.05, 4.69) is 19.9 Å². The largest absolute Gasteiger partial charge is 0.478 e. The highest BCUT2D eigenvalue weighted by atomic mass is 19.1. The molecule has 11 heteroatoms. The Hall–Kier alpha value is -4.22. The van der Waals surface area contributed by atoms with Gasteiger partial charge >= 0.3 is 0 Å². The molecule has 3 aromatic heterocycles. The van der Waals surface area contributed by atoms with Crippen LogP contribution < -0.4 is 10.5 Å². The minimum Gasteiger partial charge on any atom is -0.478 e. The SMILES string of the molecule is NC(=O)c1ccc(F)c(C(=O)c2c[nH]c3ncc(-c4ccc(OCCCN5CCOCC5)nc4)cc23)c1F. The minimum absolute atomic E-state index is 0.00181. The number of carbonyl (C=O) groups excluding carboxylic acids is 2. The van der Waals surface area contributed by atoms with Crippen LogP contribution in [0.15, 0.2) is 48.9 Å². The number of ether oxygens (including phenoxy) is 2. The monoisotopic (exact) mass is 521 g/mol. The first kappa shape index (κ1) is 25.4. The Morgan fingerprint density at radius 2 is 1.84 bits per heavy atom. The van der Waals surface area contributed by atoms with E-state index in [1.165, 1.54) is 6.20 Å². The summed E-state index contributed by atoms with van der Waals surface area (Å²) < 4.78 is 40.4. The molecule has 0 atom stereocenters. The van der Waals surface area contributed by atoms with Crippen LogP contribution in [0.2, 0.25) is 0 Å². The third-order valence-electron chi connectivity index (χ3n) is 6.40. The zero-order valence-corrected chi connectivity index (χ0v) is 20.4. The van der Waals surface area contributed by atoms with Gasteiger partial charge in [0.15, 0.2) is 0 Å². The van der Waals surface area contributed by atoms with Crippen molar-refractivity contribution in [2.75, 3.05) is 39.5 Å². The minimum atomic E-state index is -1.30. The van der Waals surface area contributed by atoms with E-state index in [0.29, 0.717) is 34.6 Å². The van der Waals surface area contributed by atoms with E-state index in [0.717, 1.165) is 51.4 Å². The van der Waals surface area contributed by atoms with Crippen molar-refractivity contribution in [3.8, 4) is 17.0 Å². The lowest BCUT2D eigenvalue weighted by atomic mass is 9.98. The molecule has 9 nitrogen and oxygen atoms in total. The van der Waals surface area contributed by atoms with Gasteiger partial charge in [-0.15, -0.1) is 0 Å². The number of carbonyl (C=O) groups is 2. The first-order valence-electron chi connectivity index (χ1n) is 12.1. The van der Waals surface area contributed by atoms with Crippen LogP contribution in [0.1, 0.15) is 32.7 Å². The van der Waals surface area contributed by atoms with E-state index in [1.54, 1.807) is 24.5 Å². The van der Waals surface area contributed by atoms with E-state index < -0.39 is 34.5 Å². The molecular formula is C27H25F2N5O4. The highest BCUT2D eigenvalue weighted by molar-refractivity contribution is 6.17. The molecule has 38 heavy (non-hydrogen) atoms. The van der Waals surface area contributed by atoms with Crippen molar-refractivity contribution in [1.29, 1.82) is 0 Å². The Balaban J connectivity index is 1.32. The van der Waals surface area contributed by atoms with Crippen LogP contribution in [0.5, 0.6) is 5.88 Å². The first-order chi connectivity index (χ1) is 18.4. The standard InChI is InChI=1S/C27H25F2N5O4/c28-21-4-3-18(26(30)36)24(29)23(21)25(35)20-15-33-27-19(20)12-17(14-32-27)16-2-5-22(31-13-16)38-9-1-6-34-7-10-37-11-8-34/h2-5,12-15H,1,6-11H2,(H2,30,36)(H,32,33). The molecule has 0 saturated carbocycles. The lowest BCUT2D eigenvalue weighted by Crippen LogP contribution is -2.37. The van der Waals surface area contributed by atoms with Crippen LogP contribution >= 0.6 is 0 Å². The van der Waals surface area contributed by atoms with Crippen molar-refractivity contribution < 1.29 is 27.8 Å². The van der Waals surface area contributed by atoms with Gasteiger partial charge in [-0.3, -0.25) is 14.5 Å².